The van der Waals surface area contributed by atoms with Crippen molar-refractivity contribution in [2.75, 3.05) is 0 Å². The zero-order chi connectivity index (χ0) is 15.1. The second-order valence-electron chi connectivity index (χ2n) is 5.52. The number of nitrogens with one attached hydrogen (secondary N) is 2. The summed E-state index contributed by atoms with van der Waals surface area (Å²) in [6.45, 7) is 3.01. The summed E-state index contributed by atoms with van der Waals surface area (Å²) < 4.78 is 1.85. The smallest absolute Gasteiger partial charge is 0.317 e. The standard InChI is InChI=1S/C15H24N4O2/c1-2-3-4-5-6-7-8-9-10-19-11-16-12-13(19)17-15(21)18-14(12)20/h11H,2-10H2,1H3,(H2,17,18,20,21). The maximum Gasteiger partial charge on any atom is 0.327 e. The van der Waals surface area contributed by atoms with Gasteiger partial charge in [0.05, 0.1) is 6.33 Å². The van der Waals surface area contributed by atoms with Gasteiger partial charge in [-0.1, -0.05) is 51.9 Å². The third kappa shape index (κ3) is 4.31. The van der Waals surface area contributed by atoms with Crippen LogP contribution in [0.4, 0.5) is 0 Å². The zero-order valence-corrected chi connectivity index (χ0v) is 12.7. The Morgan fingerprint density at radius 3 is 2.38 bits per heavy atom. The average molecular weight is 292 g/mol. The Kier molecular flexibility index (Phi) is 5.78. The molecule has 0 amide bonds. The highest BCUT2D eigenvalue weighted by Crippen LogP contribution is 2.10. The number of aryl methyl sites for hydroxylation is 1. The molecular weight excluding hydrogens is 268 g/mol. The zero-order valence-electron chi connectivity index (χ0n) is 12.7. The van der Waals surface area contributed by atoms with E-state index in [-0.39, 0.29) is 0 Å². The van der Waals surface area contributed by atoms with E-state index in [2.05, 4.69) is 21.9 Å². The number of unbranched alkanes of at least 4 members (excludes halogenated alkanes) is 7. The molecule has 0 aliphatic carbocycles. The molecule has 0 saturated carbocycles. The summed E-state index contributed by atoms with van der Waals surface area (Å²) in [5.74, 6) is 0. The van der Waals surface area contributed by atoms with Crippen molar-refractivity contribution in [3.8, 4) is 0 Å². The summed E-state index contributed by atoms with van der Waals surface area (Å²) in [6.07, 6.45) is 11.6. The molecule has 2 aromatic rings. The first kappa shape index (κ1) is 15.5. The molecule has 6 nitrogen and oxygen atoms in total. The van der Waals surface area contributed by atoms with Crippen LogP contribution < -0.4 is 11.2 Å². The summed E-state index contributed by atoms with van der Waals surface area (Å²) in [5.41, 5.74) is -0.0885. The van der Waals surface area contributed by atoms with Crippen molar-refractivity contribution in [3.05, 3.63) is 27.2 Å². The predicted molar refractivity (Wildman–Crippen MR) is 83.6 cm³/mol. The predicted octanol–water partition coefficient (Wildman–Crippen LogP) is 2.55. The van der Waals surface area contributed by atoms with Gasteiger partial charge in [-0.25, -0.2) is 9.78 Å². The highest BCUT2D eigenvalue weighted by Gasteiger charge is 2.07. The molecule has 0 atom stereocenters. The molecule has 116 valence electrons. The van der Waals surface area contributed by atoms with E-state index in [1.807, 2.05) is 4.57 Å². The molecule has 0 saturated heterocycles. The molecule has 0 radical (unpaired) electrons. The molecule has 2 aromatic heterocycles. The largest absolute Gasteiger partial charge is 0.327 e. The summed E-state index contributed by atoms with van der Waals surface area (Å²) in [7, 11) is 0. The number of hydrogen-bond acceptors (Lipinski definition) is 3. The van der Waals surface area contributed by atoms with Gasteiger partial charge in [-0.05, 0) is 6.42 Å². The van der Waals surface area contributed by atoms with Gasteiger partial charge in [-0.2, -0.15) is 0 Å². The molecule has 2 N–H and O–H groups in total. The number of nitrogens with zero attached hydrogens (tertiary/aromatic N) is 2. The quantitative estimate of drug-likeness (QED) is 0.697. The Hall–Kier alpha value is -1.85. The first-order valence-corrected chi connectivity index (χ1v) is 7.90. The van der Waals surface area contributed by atoms with Gasteiger partial charge < -0.3 is 4.57 Å². The van der Waals surface area contributed by atoms with Crippen molar-refractivity contribution < 1.29 is 0 Å². The lowest BCUT2D eigenvalue weighted by atomic mass is 10.1. The van der Waals surface area contributed by atoms with Gasteiger partial charge in [0.25, 0.3) is 5.56 Å². The van der Waals surface area contributed by atoms with Crippen LogP contribution in [0.15, 0.2) is 15.9 Å². The summed E-state index contributed by atoms with van der Waals surface area (Å²) >= 11 is 0. The minimum atomic E-state index is -0.481. The summed E-state index contributed by atoms with van der Waals surface area (Å²) in [5, 5.41) is 0. The average Bonchev–Trinajstić information content (AvgIpc) is 2.85. The van der Waals surface area contributed by atoms with Crippen LogP contribution in [0, 0.1) is 0 Å². The third-order valence-electron chi connectivity index (χ3n) is 3.76. The van der Waals surface area contributed by atoms with Crippen LogP contribution >= 0.6 is 0 Å². The van der Waals surface area contributed by atoms with E-state index in [0.29, 0.717) is 11.2 Å². The number of H-pyrrole nitrogens is 2. The topological polar surface area (TPSA) is 83.5 Å². The van der Waals surface area contributed by atoms with Crippen molar-refractivity contribution in [3.63, 3.8) is 0 Å². The minimum absolute atomic E-state index is 0.300. The Morgan fingerprint density at radius 2 is 1.67 bits per heavy atom. The number of fused-ring (bicyclic) bond motifs is 1. The van der Waals surface area contributed by atoms with E-state index < -0.39 is 11.2 Å². The van der Waals surface area contributed by atoms with Crippen LogP contribution in [0.3, 0.4) is 0 Å². The first-order chi connectivity index (χ1) is 10.2. The van der Waals surface area contributed by atoms with Gasteiger partial charge in [0, 0.05) is 6.54 Å². The Morgan fingerprint density at radius 1 is 1.00 bits per heavy atom. The van der Waals surface area contributed by atoms with Crippen molar-refractivity contribution in [1.82, 2.24) is 19.5 Å². The van der Waals surface area contributed by atoms with Crippen molar-refractivity contribution in [2.45, 2.75) is 64.8 Å². The molecule has 0 unspecified atom stereocenters. The lowest BCUT2D eigenvalue weighted by molar-refractivity contribution is 0.547. The maximum absolute atomic E-state index is 11.6. The number of imidazole rings is 1. The van der Waals surface area contributed by atoms with Gasteiger partial charge in [0.1, 0.15) is 5.65 Å². The van der Waals surface area contributed by atoms with Crippen LogP contribution in [0.5, 0.6) is 0 Å². The van der Waals surface area contributed by atoms with E-state index >= 15 is 0 Å². The van der Waals surface area contributed by atoms with E-state index in [1.165, 1.54) is 44.9 Å². The monoisotopic (exact) mass is 292 g/mol. The fourth-order valence-corrected chi connectivity index (χ4v) is 2.57. The highest BCUT2D eigenvalue weighted by molar-refractivity contribution is 5.68. The molecule has 2 rings (SSSR count). The Bertz CT molecular complexity index is 668. The molecule has 2 heterocycles. The van der Waals surface area contributed by atoms with Gasteiger partial charge in [0.15, 0.2) is 5.52 Å². The van der Waals surface area contributed by atoms with Crippen molar-refractivity contribution >= 4 is 11.2 Å². The van der Waals surface area contributed by atoms with E-state index in [9.17, 15) is 9.59 Å². The highest BCUT2D eigenvalue weighted by atomic mass is 16.2. The van der Waals surface area contributed by atoms with Crippen LogP contribution in [0.2, 0.25) is 0 Å². The van der Waals surface area contributed by atoms with E-state index in [1.54, 1.807) is 6.33 Å². The number of aromatic amines is 2. The Balaban J connectivity index is 1.79. The SMILES string of the molecule is CCCCCCCCCCn1cnc2c(=O)[nH]c(=O)[nH]c21. The lowest BCUT2D eigenvalue weighted by Gasteiger charge is -2.04. The van der Waals surface area contributed by atoms with E-state index in [4.69, 9.17) is 0 Å². The number of hydrogen-bond donors (Lipinski definition) is 2. The van der Waals surface area contributed by atoms with Crippen molar-refractivity contribution in [2.24, 2.45) is 0 Å². The molecule has 0 aromatic carbocycles. The first-order valence-electron chi connectivity index (χ1n) is 7.90. The molecular formula is C15H24N4O2. The lowest BCUT2D eigenvalue weighted by Crippen LogP contribution is -2.22. The number of rotatable bonds is 9. The molecule has 0 spiro atoms. The van der Waals surface area contributed by atoms with Gasteiger partial charge in [-0.15, -0.1) is 0 Å². The van der Waals surface area contributed by atoms with Gasteiger partial charge >= 0.3 is 5.69 Å². The molecule has 0 aliphatic heterocycles. The fourth-order valence-electron chi connectivity index (χ4n) is 2.57. The van der Waals surface area contributed by atoms with Crippen LogP contribution in [-0.2, 0) is 6.54 Å². The second kappa shape index (κ2) is 7.81. The molecule has 6 heteroatoms. The molecule has 0 aliphatic rings. The normalized spacial score (nSPS) is 11.3. The third-order valence-corrected chi connectivity index (χ3v) is 3.76. The van der Waals surface area contributed by atoms with Crippen LogP contribution in [-0.4, -0.2) is 19.5 Å². The van der Waals surface area contributed by atoms with Gasteiger partial charge in [0.2, 0.25) is 0 Å². The molecule has 0 bridgehead atoms. The Labute approximate surface area is 123 Å². The van der Waals surface area contributed by atoms with Gasteiger partial charge in [-0.3, -0.25) is 14.8 Å². The molecule has 0 fully saturated rings. The van der Waals surface area contributed by atoms with Crippen molar-refractivity contribution in [1.29, 1.82) is 0 Å². The second-order valence-corrected chi connectivity index (χ2v) is 5.52. The molecule has 21 heavy (non-hydrogen) atoms. The summed E-state index contributed by atoms with van der Waals surface area (Å²) in [6, 6.07) is 0. The van der Waals surface area contributed by atoms with E-state index in [0.717, 1.165) is 13.0 Å². The minimum Gasteiger partial charge on any atom is -0.317 e. The maximum atomic E-state index is 11.6. The number of aromatic nitrogens is 4. The fraction of sp³-hybridized carbons (Fsp3) is 0.667. The summed E-state index contributed by atoms with van der Waals surface area (Å²) in [4.78, 5) is 31.8. The van der Waals surface area contributed by atoms with Crippen LogP contribution in [0.25, 0.3) is 11.2 Å². The van der Waals surface area contributed by atoms with Crippen LogP contribution in [0.1, 0.15) is 58.3 Å².